The summed E-state index contributed by atoms with van der Waals surface area (Å²) in [5.41, 5.74) is -0.0333. The molecule has 0 saturated heterocycles. The molecular formula is C21H18Cl3N5O4S. The van der Waals surface area contributed by atoms with Gasteiger partial charge in [-0.25, -0.2) is 0 Å². The first-order chi connectivity index (χ1) is 16.2. The van der Waals surface area contributed by atoms with Crippen molar-refractivity contribution in [2.24, 2.45) is 0 Å². The minimum Gasteiger partial charge on any atom is -0.481 e. The van der Waals surface area contributed by atoms with Gasteiger partial charge in [0, 0.05) is 23.7 Å². The molecule has 0 aliphatic rings. The van der Waals surface area contributed by atoms with Gasteiger partial charge in [0.1, 0.15) is 5.75 Å². The molecule has 34 heavy (non-hydrogen) atoms. The Morgan fingerprint density at radius 2 is 2.03 bits per heavy atom. The lowest BCUT2D eigenvalue weighted by Gasteiger charge is -2.16. The van der Waals surface area contributed by atoms with Crippen LogP contribution in [-0.4, -0.2) is 31.3 Å². The molecule has 13 heteroatoms. The molecular weight excluding hydrogens is 525 g/mol. The van der Waals surface area contributed by atoms with Crippen LogP contribution in [0.2, 0.25) is 15.1 Å². The Balaban J connectivity index is 1.70. The first-order valence-corrected chi connectivity index (χ1v) is 11.8. The molecule has 0 bridgehead atoms. The molecule has 0 spiro atoms. The van der Waals surface area contributed by atoms with E-state index in [0.717, 1.165) is 11.8 Å². The highest BCUT2D eigenvalue weighted by atomic mass is 35.5. The van der Waals surface area contributed by atoms with Crippen molar-refractivity contribution in [3.63, 3.8) is 0 Å². The van der Waals surface area contributed by atoms with Crippen LogP contribution in [0.4, 0.5) is 11.4 Å². The van der Waals surface area contributed by atoms with Crippen molar-refractivity contribution < 1.29 is 14.5 Å². The lowest BCUT2D eigenvalue weighted by molar-refractivity contribution is -0.384. The summed E-state index contributed by atoms with van der Waals surface area (Å²) in [6, 6.07) is 8.71. The summed E-state index contributed by atoms with van der Waals surface area (Å²) in [5, 5.41) is 23.4. The van der Waals surface area contributed by atoms with Gasteiger partial charge in [0.2, 0.25) is 5.91 Å². The maximum absolute atomic E-state index is 12.4. The van der Waals surface area contributed by atoms with Gasteiger partial charge in [0.25, 0.3) is 5.69 Å². The minimum absolute atomic E-state index is 0.0352. The lowest BCUT2D eigenvalue weighted by atomic mass is 10.3. The number of anilines is 1. The number of nitro benzene ring substituents is 1. The number of benzene rings is 2. The zero-order valence-corrected chi connectivity index (χ0v) is 20.8. The molecule has 1 heterocycles. The number of ether oxygens (including phenoxy) is 1. The van der Waals surface area contributed by atoms with E-state index in [1.54, 1.807) is 35.8 Å². The number of non-ortho nitro benzene ring substituents is 1. The topological polar surface area (TPSA) is 112 Å². The Bertz CT molecular complexity index is 1240. The Morgan fingerprint density at radius 3 is 2.71 bits per heavy atom. The van der Waals surface area contributed by atoms with Crippen molar-refractivity contribution in [3.05, 3.63) is 80.1 Å². The standard InChI is InChI=1S/C21H18Cl3N5O4S/c1-3-8-28-20(12(2)33-18-7-4-13(22)9-16(18)24)26-27-21(28)34-11-19(30)25-17-10-14(29(31)32)5-6-15(17)23/h3-7,9-10,12H,1,8,11H2,2H3,(H,25,30). The second kappa shape index (κ2) is 11.6. The zero-order chi connectivity index (χ0) is 24.8. The highest BCUT2D eigenvalue weighted by molar-refractivity contribution is 7.99. The monoisotopic (exact) mass is 541 g/mol. The van der Waals surface area contributed by atoms with Crippen LogP contribution in [0.5, 0.6) is 5.75 Å². The molecule has 1 atom stereocenters. The number of halogens is 3. The van der Waals surface area contributed by atoms with Crippen molar-refractivity contribution in [1.82, 2.24) is 14.8 Å². The molecule has 0 aliphatic heterocycles. The van der Waals surface area contributed by atoms with E-state index in [0.29, 0.717) is 33.3 Å². The van der Waals surface area contributed by atoms with Crippen LogP contribution in [0.25, 0.3) is 0 Å². The predicted molar refractivity (Wildman–Crippen MR) is 133 cm³/mol. The van der Waals surface area contributed by atoms with E-state index in [9.17, 15) is 14.9 Å². The molecule has 1 aromatic heterocycles. The molecule has 0 radical (unpaired) electrons. The third-order valence-corrected chi connectivity index (χ3v) is 6.21. The fourth-order valence-electron chi connectivity index (χ4n) is 2.86. The van der Waals surface area contributed by atoms with Crippen molar-refractivity contribution in [1.29, 1.82) is 0 Å². The quantitative estimate of drug-likeness (QED) is 0.140. The van der Waals surface area contributed by atoms with E-state index in [1.165, 1.54) is 18.2 Å². The van der Waals surface area contributed by atoms with Crippen LogP contribution in [0.15, 0.2) is 54.2 Å². The summed E-state index contributed by atoms with van der Waals surface area (Å²) in [5.74, 6) is 0.496. The van der Waals surface area contributed by atoms with E-state index in [1.807, 2.05) is 0 Å². The number of allylic oxidation sites excluding steroid dienone is 1. The van der Waals surface area contributed by atoms with Gasteiger partial charge in [0.15, 0.2) is 17.1 Å². The molecule has 9 nitrogen and oxygen atoms in total. The summed E-state index contributed by atoms with van der Waals surface area (Å²) in [4.78, 5) is 22.8. The van der Waals surface area contributed by atoms with E-state index in [-0.39, 0.29) is 22.2 Å². The number of nitro groups is 1. The normalized spacial score (nSPS) is 11.6. The third kappa shape index (κ3) is 6.41. The average molecular weight is 543 g/mol. The number of nitrogens with one attached hydrogen (secondary N) is 1. The summed E-state index contributed by atoms with van der Waals surface area (Å²) in [6.45, 7) is 5.93. The fraction of sp³-hybridized carbons (Fsp3) is 0.190. The molecule has 2 aromatic carbocycles. The first kappa shape index (κ1) is 25.8. The Labute approximate surface area is 214 Å². The second-order valence-electron chi connectivity index (χ2n) is 6.83. The number of rotatable bonds is 10. The number of carbonyl (C=O) groups is 1. The van der Waals surface area contributed by atoms with Crippen LogP contribution in [0.3, 0.4) is 0 Å². The molecule has 1 unspecified atom stereocenters. The molecule has 0 saturated carbocycles. The molecule has 0 aliphatic carbocycles. The largest absolute Gasteiger partial charge is 0.481 e. The van der Waals surface area contributed by atoms with Crippen LogP contribution < -0.4 is 10.1 Å². The van der Waals surface area contributed by atoms with Gasteiger partial charge >= 0.3 is 0 Å². The predicted octanol–water partition coefficient (Wildman–Crippen LogP) is 6.20. The Kier molecular flexibility index (Phi) is 8.78. The van der Waals surface area contributed by atoms with Gasteiger partial charge in [0.05, 0.1) is 26.4 Å². The highest BCUT2D eigenvalue weighted by Gasteiger charge is 2.21. The average Bonchev–Trinajstić information content (AvgIpc) is 3.18. The number of aromatic nitrogens is 3. The second-order valence-corrected chi connectivity index (χ2v) is 9.03. The fourth-order valence-corrected chi connectivity index (χ4v) is 4.23. The van der Waals surface area contributed by atoms with E-state index in [2.05, 4.69) is 22.1 Å². The van der Waals surface area contributed by atoms with Crippen molar-refractivity contribution >= 4 is 63.8 Å². The zero-order valence-electron chi connectivity index (χ0n) is 17.7. The number of nitrogens with zero attached hydrogens (tertiary/aromatic N) is 4. The van der Waals surface area contributed by atoms with Gasteiger partial charge < -0.3 is 10.1 Å². The molecule has 3 rings (SSSR count). The number of thioether (sulfide) groups is 1. The molecule has 0 fully saturated rings. The minimum atomic E-state index is -0.569. The van der Waals surface area contributed by atoms with E-state index >= 15 is 0 Å². The Hall–Kier alpha value is -2.79. The SMILES string of the molecule is C=CCn1c(SCC(=O)Nc2cc([N+](=O)[O-])ccc2Cl)nnc1C(C)Oc1ccc(Cl)cc1Cl. The van der Waals surface area contributed by atoms with Crippen molar-refractivity contribution in [2.75, 3.05) is 11.1 Å². The number of carbonyl (C=O) groups excluding carboxylic acids is 1. The Morgan fingerprint density at radius 1 is 1.26 bits per heavy atom. The summed E-state index contributed by atoms with van der Waals surface area (Å²) in [7, 11) is 0. The summed E-state index contributed by atoms with van der Waals surface area (Å²) < 4.78 is 7.69. The van der Waals surface area contributed by atoms with Crippen molar-refractivity contribution in [2.45, 2.75) is 24.7 Å². The van der Waals surface area contributed by atoms with Crippen LogP contribution in [0, 0.1) is 10.1 Å². The lowest BCUT2D eigenvalue weighted by Crippen LogP contribution is -2.16. The van der Waals surface area contributed by atoms with Gasteiger partial charge in [-0.1, -0.05) is 52.6 Å². The van der Waals surface area contributed by atoms with Gasteiger partial charge in [-0.3, -0.25) is 19.5 Å². The molecule has 3 aromatic rings. The van der Waals surface area contributed by atoms with Crippen LogP contribution in [-0.2, 0) is 11.3 Å². The van der Waals surface area contributed by atoms with Crippen LogP contribution in [0.1, 0.15) is 18.9 Å². The summed E-state index contributed by atoms with van der Waals surface area (Å²) >= 11 is 19.3. The molecule has 1 amide bonds. The summed E-state index contributed by atoms with van der Waals surface area (Å²) in [6.07, 6.45) is 1.15. The van der Waals surface area contributed by atoms with E-state index < -0.39 is 16.9 Å². The number of hydrogen-bond acceptors (Lipinski definition) is 7. The molecule has 1 N–H and O–H groups in total. The molecule has 178 valence electrons. The highest BCUT2D eigenvalue weighted by Crippen LogP contribution is 2.32. The van der Waals surface area contributed by atoms with Crippen molar-refractivity contribution in [3.8, 4) is 5.75 Å². The third-order valence-electron chi connectivity index (χ3n) is 4.39. The van der Waals surface area contributed by atoms with E-state index in [4.69, 9.17) is 39.5 Å². The smallest absolute Gasteiger partial charge is 0.271 e. The van der Waals surface area contributed by atoms with Gasteiger partial charge in [-0.2, -0.15) is 0 Å². The van der Waals surface area contributed by atoms with Crippen LogP contribution >= 0.6 is 46.6 Å². The van der Waals surface area contributed by atoms with Gasteiger partial charge in [-0.05, 0) is 31.2 Å². The first-order valence-electron chi connectivity index (χ1n) is 9.72. The maximum atomic E-state index is 12.4. The van der Waals surface area contributed by atoms with Gasteiger partial charge in [-0.15, -0.1) is 16.8 Å². The number of amides is 1. The number of hydrogen-bond donors (Lipinski definition) is 1. The maximum Gasteiger partial charge on any atom is 0.271 e.